The molecule has 4 heteroatoms. The quantitative estimate of drug-likeness (QED) is 0.875. The minimum absolute atomic E-state index is 0.190. The van der Waals surface area contributed by atoms with Crippen molar-refractivity contribution in [2.75, 3.05) is 7.11 Å². The fourth-order valence-corrected chi connectivity index (χ4v) is 1.93. The first-order chi connectivity index (χ1) is 8.12. The SMILES string of the molecule is COc1cc(F)cc(C2(O)CC2)c1OC1CC1. The molecule has 0 unspecified atom stereocenters. The Morgan fingerprint density at radius 1 is 1.35 bits per heavy atom. The summed E-state index contributed by atoms with van der Waals surface area (Å²) in [6, 6.07) is 2.65. The Labute approximate surface area is 99.2 Å². The lowest BCUT2D eigenvalue weighted by Gasteiger charge is -2.18. The zero-order chi connectivity index (χ0) is 12.0. The van der Waals surface area contributed by atoms with Gasteiger partial charge in [-0.25, -0.2) is 4.39 Å². The minimum Gasteiger partial charge on any atom is -0.493 e. The molecule has 2 saturated carbocycles. The predicted octanol–water partition coefficient (Wildman–Crippen LogP) is 2.36. The number of halogens is 1. The molecular formula is C13H15FO3. The van der Waals surface area contributed by atoms with Crippen molar-refractivity contribution in [3.05, 3.63) is 23.5 Å². The molecule has 2 aliphatic carbocycles. The molecule has 1 aromatic rings. The first-order valence-electron chi connectivity index (χ1n) is 5.89. The fourth-order valence-electron chi connectivity index (χ4n) is 1.93. The highest BCUT2D eigenvalue weighted by Crippen LogP contribution is 2.52. The molecule has 1 N–H and O–H groups in total. The molecule has 2 aliphatic rings. The van der Waals surface area contributed by atoms with E-state index in [4.69, 9.17) is 9.47 Å². The molecule has 0 aliphatic heterocycles. The van der Waals surface area contributed by atoms with Gasteiger partial charge in [-0.05, 0) is 31.7 Å². The maximum atomic E-state index is 13.5. The zero-order valence-corrected chi connectivity index (χ0v) is 9.70. The summed E-state index contributed by atoms with van der Waals surface area (Å²) in [6.45, 7) is 0. The third-order valence-electron chi connectivity index (χ3n) is 3.27. The molecule has 3 nitrogen and oxygen atoms in total. The number of ether oxygens (including phenoxy) is 2. The van der Waals surface area contributed by atoms with Crippen molar-refractivity contribution in [1.29, 1.82) is 0 Å². The Morgan fingerprint density at radius 2 is 2.06 bits per heavy atom. The van der Waals surface area contributed by atoms with E-state index in [1.807, 2.05) is 0 Å². The minimum atomic E-state index is -0.917. The number of hydrogen-bond donors (Lipinski definition) is 1. The van der Waals surface area contributed by atoms with E-state index in [1.165, 1.54) is 19.2 Å². The molecular weight excluding hydrogens is 223 g/mol. The van der Waals surface area contributed by atoms with Crippen LogP contribution in [-0.4, -0.2) is 18.3 Å². The Balaban J connectivity index is 2.05. The van der Waals surface area contributed by atoms with Gasteiger partial charge in [0.2, 0.25) is 0 Å². The highest BCUT2D eigenvalue weighted by atomic mass is 19.1. The monoisotopic (exact) mass is 238 g/mol. The van der Waals surface area contributed by atoms with Gasteiger partial charge < -0.3 is 14.6 Å². The Bertz CT molecular complexity index is 450. The van der Waals surface area contributed by atoms with E-state index in [2.05, 4.69) is 0 Å². The third-order valence-corrected chi connectivity index (χ3v) is 3.27. The number of rotatable bonds is 4. The molecule has 1 aromatic carbocycles. The number of methoxy groups -OCH3 is 1. The molecule has 0 atom stereocenters. The number of aliphatic hydroxyl groups is 1. The van der Waals surface area contributed by atoms with E-state index in [0.29, 0.717) is 29.9 Å². The molecule has 0 aromatic heterocycles. The largest absolute Gasteiger partial charge is 0.493 e. The molecule has 0 saturated heterocycles. The van der Waals surface area contributed by atoms with Gasteiger partial charge in [-0.3, -0.25) is 0 Å². The topological polar surface area (TPSA) is 38.7 Å². The van der Waals surface area contributed by atoms with Crippen LogP contribution in [0.3, 0.4) is 0 Å². The van der Waals surface area contributed by atoms with E-state index in [1.54, 1.807) is 0 Å². The van der Waals surface area contributed by atoms with Gasteiger partial charge in [-0.2, -0.15) is 0 Å². The molecule has 92 valence electrons. The molecule has 2 fully saturated rings. The van der Waals surface area contributed by atoms with Gasteiger partial charge in [0.25, 0.3) is 0 Å². The lowest BCUT2D eigenvalue weighted by atomic mass is 10.1. The summed E-state index contributed by atoms with van der Waals surface area (Å²) in [7, 11) is 1.48. The second kappa shape index (κ2) is 3.60. The van der Waals surface area contributed by atoms with Crippen molar-refractivity contribution < 1.29 is 19.0 Å². The van der Waals surface area contributed by atoms with Gasteiger partial charge in [-0.1, -0.05) is 0 Å². The van der Waals surface area contributed by atoms with Crippen LogP contribution in [0, 0.1) is 5.82 Å². The van der Waals surface area contributed by atoms with Crippen LogP contribution in [0.25, 0.3) is 0 Å². The Hall–Kier alpha value is -1.29. The zero-order valence-electron chi connectivity index (χ0n) is 9.70. The summed E-state index contributed by atoms with van der Waals surface area (Å²) in [5, 5.41) is 10.2. The summed E-state index contributed by atoms with van der Waals surface area (Å²) < 4.78 is 24.3. The van der Waals surface area contributed by atoms with Crippen LogP contribution < -0.4 is 9.47 Å². The van der Waals surface area contributed by atoms with Gasteiger partial charge in [-0.15, -0.1) is 0 Å². The van der Waals surface area contributed by atoms with Crippen LogP contribution >= 0.6 is 0 Å². The van der Waals surface area contributed by atoms with Gasteiger partial charge in [0.05, 0.1) is 18.8 Å². The maximum Gasteiger partial charge on any atom is 0.167 e. The summed E-state index contributed by atoms with van der Waals surface area (Å²) in [6.07, 6.45) is 3.52. The normalized spacial score (nSPS) is 21.1. The summed E-state index contributed by atoms with van der Waals surface area (Å²) in [5.74, 6) is 0.476. The summed E-state index contributed by atoms with van der Waals surface area (Å²) in [5.41, 5.74) is -0.388. The average Bonchev–Trinajstić information content (AvgIpc) is 3.19. The molecule has 0 radical (unpaired) electrons. The highest BCUT2D eigenvalue weighted by molar-refractivity contribution is 5.51. The number of hydrogen-bond acceptors (Lipinski definition) is 3. The summed E-state index contributed by atoms with van der Waals surface area (Å²) in [4.78, 5) is 0. The van der Waals surface area contributed by atoms with Gasteiger partial charge in [0.1, 0.15) is 5.82 Å². The molecule has 17 heavy (non-hydrogen) atoms. The van der Waals surface area contributed by atoms with E-state index in [0.717, 1.165) is 12.8 Å². The van der Waals surface area contributed by atoms with Crippen molar-refractivity contribution in [1.82, 2.24) is 0 Å². The standard InChI is InChI=1S/C13H15FO3/c1-16-11-7-8(14)6-10(13(15)4-5-13)12(11)17-9-2-3-9/h6-7,9,15H,2-5H2,1H3. The van der Waals surface area contributed by atoms with Gasteiger partial charge >= 0.3 is 0 Å². The van der Waals surface area contributed by atoms with Gasteiger partial charge in [0, 0.05) is 11.6 Å². The maximum absolute atomic E-state index is 13.5. The number of benzene rings is 1. The molecule has 3 rings (SSSR count). The fraction of sp³-hybridized carbons (Fsp3) is 0.538. The van der Waals surface area contributed by atoms with E-state index < -0.39 is 11.4 Å². The lowest BCUT2D eigenvalue weighted by molar-refractivity contribution is 0.143. The van der Waals surface area contributed by atoms with Crippen LogP contribution in [0.2, 0.25) is 0 Å². The third kappa shape index (κ3) is 1.97. The van der Waals surface area contributed by atoms with Crippen LogP contribution in [-0.2, 0) is 5.60 Å². The Morgan fingerprint density at radius 3 is 2.59 bits per heavy atom. The molecule has 0 heterocycles. The van der Waals surface area contributed by atoms with Crippen LogP contribution in [0.1, 0.15) is 31.2 Å². The molecule has 0 spiro atoms. The molecule has 0 amide bonds. The van der Waals surface area contributed by atoms with Gasteiger partial charge in [0.15, 0.2) is 11.5 Å². The van der Waals surface area contributed by atoms with E-state index in [9.17, 15) is 9.50 Å². The van der Waals surface area contributed by atoms with Crippen LogP contribution in [0.5, 0.6) is 11.5 Å². The van der Waals surface area contributed by atoms with E-state index >= 15 is 0 Å². The first-order valence-corrected chi connectivity index (χ1v) is 5.89. The lowest BCUT2D eigenvalue weighted by Crippen LogP contribution is -2.11. The smallest absolute Gasteiger partial charge is 0.167 e. The van der Waals surface area contributed by atoms with Crippen molar-refractivity contribution >= 4 is 0 Å². The van der Waals surface area contributed by atoms with Crippen LogP contribution in [0.15, 0.2) is 12.1 Å². The predicted molar refractivity (Wildman–Crippen MR) is 59.7 cm³/mol. The second-order valence-electron chi connectivity index (χ2n) is 4.83. The second-order valence-corrected chi connectivity index (χ2v) is 4.83. The van der Waals surface area contributed by atoms with Crippen molar-refractivity contribution in [3.63, 3.8) is 0 Å². The summed E-state index contributed by atoms with van der Waals surface area (Å²) >= 11 is 0. The van der Waals surface area contributed by atoms with Crippen molar-refractivity contribution in [2.24, 2.45) is 0 Å². The van der Waals surface area contributed by atoms with Crippen molar-refractivity contribution in [2.45, 2.75) is 37.4 Å². The highest BCUT2D eigenvalue weighted by Gasteiger charge is 2.46. The average molecular weight is 238 g/mol. The van der Waals surface area contributed by atoms with Crippen molar-refractivity contribution in [3.8, 4) is 11.5 Å². The molecule has 0 bridgehead atoms. The van der Waals surface area contributed by atoms with Crippen LogP contribution in [0.4, 0.5) is 4.39 Å². The van der Waals surface area contributed by atoms with E-state index in [-0.39, 0.29) is 6.10 Å². The first kappa shape index (κ1) is 10.8. The Kier molecular flexibility index (Phi) is 2.30.